The van der Waals surface area contributed by atoms with Crippen molar-refractivity contribution in [2.24, 2.45) is 0 Å². The molecule has 148 valence electrons. The van der Waals surface area contributed by atoms with E-state index in [1.54, 1.807) is 12.1 Å². The maximum absolute atomic E-state index is 13.0. The SMILES string of the molecule is Cc1ccc(N/C(=C\C=N)c2nn(-c3cccc(C(F)(F)F)c3)ccc2=O)cc1. The largest absolute Gasteiger partial charge is 0.416 e. The lowest BCUT2D eigenvalue weighted by molar-refractivity contribution is -0.137. The first-order chi connectivity index (χ1) is 13.8. The predicted molar refractivity (Wildman–Crippen MR) is 106 cm³/mol. The number of aromatic nitrogens is 2. The van der Waals surface area contributed by atoms with Crippen LogP contribution in [0.2, 0.25) is 0 Å². The number of hydrogen-bond donors (Lipinski definition) is 2. The van der Waals surface area contributed by atoms with Crippen molar-refractivity contribution < 1.29 is 13.2 Å². The number of rotatable bonds is 5. The lowest BCUT2D eigenvalue weighted by atomic mass is 10.2. The quantitative estimate of drug-likeness (QED) is 0.614. The second kappa shape index (κ2) is 8.14. The standard InChI is InChI=1S/C21H17F3N4O/c1-14-5-7-16(8-6-14)26-18(9-11-25)20-19(29)10-12-28(27-20)17-4-2-3-15(13-17)21(22,23)24/h2-13,25-26H,1H3/b18-9-,25-11?. The van der Waals surface area contributed by atoms with E-state index in [1.165, 1.54) is 35.2 Å². The van der Waals surface area contributed by atoms with Gasteiger partial charge in [-0.15, -0.1) is 0 Å². The van der Waals surface area contributed by atoms with Gasteiger partial charge in [0.05, 0.1) is 16.9 Å². The minimum Gasteiger partial charge on any atom is -0.354 e. The van der Waals surface area contributed by atoms with E-state index in [-0.39, 0.29) is 17.1 Å². The van der Waals surface area contributed by atoms with Crippen molar-refractivity contribution in [3.63, 3.8) is 0 Å². The highest BCUT2D eigenvalue weighted by Crippen LogP contribution is 2.30. The van der Waals surface area contributed by atoms with E-state index < -0.39 is 17.2 Å². The van der Waals surface area contributed by atoms with Crippen LogP contribution in [0.5, 0.6) is 0 Å². The smallest absolute Gasteiger partial charge is 0.354 e. The lowest BCUT2D eigenvalue weighted by Gasteiger charge is -2.13. The summed E-state index contributed by atoms with van der Waals surface area (Å²) < 4.78 is 40.2. The van der Waals surface area contributed by atoms with E-state index in [0.717, 1.165) is 23.9 Å². The van der Waals surface area contributed by atoms with E-state index >= 15 is 0 Å². The van der Waals surface area contributed by atoms with Crippen LogP contribution in [0.15, 0.2) is 71.7 Å². The Balaban J connectivity index is 2.03. The molecule has 0 radical (unpaired) electrons. The van der Waals surface area contributed by atoms with Crippen molar-refractivity contribution in [2.45, 2.75) is 13.1 Å². The van der Waals surface area contributed by atoms with Gasteiger partial charge >= 0.3 is 6.18 Å². The molecule has 0 aliphatic heterocycles. The maximum Gasteiger partial charge on any atom is 0.416 e. The Kier molecular flexibility index (Phi) is 5.63. The normalized spacial score (nSPS) is 11.9. The molecule has 2 aromatic carbocycles. The highest BCUT2D eigenvalue weighted by molar-refractivity contribution is 5.86. The fourth-order valence-electron chi connectivity index (χ4n) is 2.62. The number of allylic oxidation sites excluding steroid dienone is 1. The molecule has 0 amide bonds. The summed E-state index contributed by atoms with van der Waals surface area (Å²) >= 11 is 0. The van der Waals surface area contributed by atoms with Crippen molar-refractivity contribution >= 4 is 17.6 Å². The molecule has 1 heterocycles. The van der Waals surface area contributed by atoms with E-state index in [2.05, 4.69) is 10.4 Å². The minimum absolute atomic E-state index is 0.0195. The van der Waals surface area contributed by atoms with Crippen molar-refractivity contribution in [3.8, 4) is 5.69 Å². The Bertz CT molecular complexity index is 1120. The van der Waals surface area contributed by atoms with Crippen LogP contribution in [0.25, 0.3) is 11.4 Å². The van der Waals surface area contributed by atoms with Crippen LogP contribution in [0, 0.1) is 12.3 Å². The lowest BCUT2D eigenvalue weighted by Crippen LogP contribution is -2.18. The van der Waals surface area contributed by atoms with Gasteiger partial charge in [-0.2, -0.15) is 18.3 Å². The van der Waals surface area contributed by atoms with Crippen molar-refractivity contribution in [1.82, 2.24) is 9.78 Å². The summed E-state index contributed by atoms with van der Waals surface area (Å²) in [5.41, 5.74) is 0.887. The number of halogens is 3. The zero-order chi connectivity index (χ0) is 21.0. The molecular formula is C21H17F3N4O. The Morgan fingerprint density at radius 2 is 1.86 bits per heavy atom. The zero-order valence-corrected chi connectivity index (χ0v) is 15.4. The highest BCUT2D eigenvalue weighted by Gasteiger charge is 2.30. The second-order valence-electron chi connectivity index (χ2n) is 6.26. The average Bonchev–Trinajstić information content (AvgIpc) is 2.69. The van der Waals surface area contributed by atoms with Crippen LogP contribution in [-0.2, 0) is 6.18 Å². The third-order valence-electron chi connectivity index (χ3n) is 4.08. The van der Waals surface area contributed by atoms with Crippen LogP contribution >= 0.6 is 0 Å². The second-order valence-corrected chi connectivity index (χ2v) is 6.26. The van der Waals surface area contributed by atoms with Gasteiger partial charge < -0.3 is 10.7 Å². The number of benzene rings is 2. The number of nitrogens with zero attached hydrogens (tertiary/aromatic N) is 2. The summed E-state index contributed by atoms with van der Waals surface area (Å²) in [6.07, 6.45) is -0.829. The number of alkyl halides is 3. The van der Waals surface area contributed by atoms with Gasteiger partial charge in [-0.3, -0.25) is 4.79 Å². The molecule has 0 bridgehead atoms. The predicted octanol–water partition coefficient (Wildman–Crippen LogP) is 4.66. The molecule has 1 aromatic heterocycles. The van der Waals surface area contributed by atoms with Gasteiger partial charge in [0.2, 0.25) is 5.43 Å². The molecule has 3 aromatic rings. The van der Waals surface area contributed by atoms with Crippen LogP contribution < -0.4 is 10.7 Å². The Morgan fingerprint density at radius 3 is 2.52 bits per heavy atom. The molecule has 3 rings (SSSR count). The summed E-state index contributed by atoms with van der Waals surface area (Å²) in [4.78, 5) is 12.4. The third-order valence-corrected chi connectivity index (χ3v) is 4.08. The molecule has 2 N–H and O–H groups in total. The first kappa shape index (κ1) is 20.1. The minimum atomic E-state index is -4.49. The van der Waals surface area contributed by atoms with Crippen LogP contribution in [-0.4, -0.2) is 16.0 Å². The Morgan fingerprint density at radius 1 is 1.14 bits per heavy atom. The zero-order valence-electron chi connectivity index (χ0n) is 15.4. The van der Waals surface area contributed by atoms with Gasteiger partial charge in [0.25, 0.3) is 0 Å². The van der Waals surface area contributed by atoms with Gasteiger partial charge in [0.15, 0.2) is 5.69 Å². The fourth-order valence-corrected chi connectivity index (χ4v) is 2.62. The highest BCUT2D eigenvalue weighted by atomic mass is 19.4. The molecule has 0 unspecified atom stereocenters. The molecule has 0 fully saturated rings. The molecule has 0 aliphatic carbocycles. The van der Waals surface area contributed by atoms with Gasteiger partial charge in [-0.1, -0.05) is 23.8 Å². The molecule has 5 nitrogen and oxygen atoms in total. The van der Waals surface area contributed by atoms with Crippen molar-refractivity contribution in [1.29, 1.82) is 5.41 Å². The molecule has 0 atom stereocenters. The number of aryl methyl sites for hydroxylation is 1. The van der Waals surface area contributed by atoms with Gasteiger partial charge in [0.1, 0.15) is 0 Å². The van der Waals surface area contributed by atoms with Crippen LogP contribution in [0.3, 0.4) is 0 Å². The topological polar surface area (TPSA) is 70.8 Å². The van der Waals surface area contributed by atoms with Gasteiger partial charge in [-0.25, -0.2) is 4.68 Å². The van der Waals surface area contributed by atoms with Crippen molar-refractivity contribution in [2.75, 3.05) is 5.32 Å². The first-order valence-corrected chi connectivity index (χ1v) is 8.60. The number of hydrogen-bond acceptors (Lipinski definition) is 4. The summed E-state index contributed by atoms with van der Waals surface area (Å²) in [6, 6.07) is 13.2. The van der Waals surface area contributed by atoms with E-state index in [9.17, 15) is 18.0 Å². The summed E-state index contributed by atoms with van der Waals surface area (Å²) in [5, 5.41) is 14.6. The monoisotopic (exact) mass is 398 g/mol. The van der Waals surface area contributed by atoms with Crippen molar-refractivity contribution in [3.05, 3.63) is 93.9 Å². The molecule has 29 heavy (non-hydrogen) atoms. The molecule has 0 saturated heterocycles. The van der Waals surface area contributed by atoms with E-state index in [0.29, 0.717) is 5.69 Å². The van der Waals surface area contributed by atoms with E-state index in [4.69, 9.17) is 5.41 Å². The number of nitrogens with one attached hydrogen (secondary N) is 2. The summed E-state index contributed by atoms with van der Waals surface area (Å²) in [7, 11) is 0. The third kappa shape index (κ3) is 4.78. The Hall–Kier alpha value is -3.68. The van der Waals surface area contributed by atoms with Crippen LogP contribution in [0.1, 0.15) is 16.8 Å². The van der Waals surface area contributed by atoms with E-state index in [1.807, 2.05) is 19.1 Å². The molecular weight excluding hydrogens is 381 g/mol. The molecule has 0 aliphatic rings. The maximum atomic E-state index is 13.0. The van der Waals surface area contributed by atoms with Gasteiger partial charge in [-0.05, 0) is 43.3 Å². The Labute approximate surface area is 164 Å². The molecule has 0 spiro atoms. The fraction of sp³-hybridized carbons (Fsp3) is 0.0952. The average molecular weight is 398 g/mol. The molecule has 0 saturated carbocycles. The van der Waals surface area contributed by atoms with Gasteiger partial charge in [0, 0.05) is 24.2 Å². The molecule has 8 heteroatoms. The first-order valence-electron chi connectivity index (χ1n) is 8.60. The summed E-state index contributed by atoms with van der Waals surface area (Å²) in [5.74, 6) is 0. The summed E-state index contributed by atoms with van der Waals surface area (Å²) in [6.45, 7) is 1.94. The van der Waals surface area contributed by atoms with Crippen LogP contribution in [0.4, 0.5) is 18.9 Å². The number of anilines is 1.